The zero-order valence-electron chi connectivity index (χ0n) is 11.1. The number of carbonyl (C=O) groups is 1. The number of hydrogen-bond acceptors (Lipinski definition) is 5. The molecule has 0 saturated heterocycles. The molecule has 1 amide bonds. The Morgan fingerprint density at radius 1 is 1.63 bits per heavy atom. The van der Waals surface area contributed by atoms with Crippen molar-refractivity contribution in [2.45, 2.75) is 12.6 Å². The first-order valence-electron chi connectivity index (χ1n) is 5.87. The first-order valence-corrected chi connectivity index (χ1v) is 7.07. The summed E-state index contributed by atoms with van der Waals surface area (Å²) in [6.45, 7) is 1.37. The summed E-state index contributed by atoms with van der Waals surface area (Å²) < 4.78 is 5.54. The van der Waals surface area contributed by atoms with Crippen LogP contribution in [0.15, 0.2) is 12.1 Å². The van der Waals surface area contributed by atoms with Crippen LogP contribution in [0.25, 0.3) is 0 Å². The minimum atomic E-state index is -0.584. The number of aliphatic hydroxyl groups is 1. The molecule has 1 aromatic heterocycles. The maximum absolute atomic E-state index is 11.7. The van der Waals surface area contributed by atoms with E-state index in [0.29, 0.717) is 17.4 Å². The Balaban J connectivity index is 2.23. The van der Waals surface area contributed by atoms with Crippen LogP contribution < -0.4 is 5.32 Å². The van der Waals surface area contributed by atoms with Crippen molar-refractivity contribution in [2.24, 2.45) is 0 Å². The van der Waals surface area contributed by atoms with Gasteiger partial charge in [0, 0.05) is 18.5 Å². The SMILES string of the molecule is COCC(O)CN(C)CC(=O)NCc1ccc(Cl)s1. The Labute approximate surface area is 122 Å². The van der Waals surface area contributed by atoms with Crippen molar-refractivity contribution in [2.75, 3.05) is 33.9 Å². The number of likely N-dealkylation sites (N-methyl/N-ethyl adjacent to an activating group) is 1. The first-order chi connectivity index (χ1) is 9.01. The third-order valence-electron chi connectivity index (χ3n) is 2.38. The smallest absolute Gasteiger partial charge is 0.234 e. The number of rotatable bonds is 8. The maximum atomic E-state index is 11.7. The van der Waals surface area contributed by atoms with Gasteiger partial charge in [-0.15, -0.1) is 11.3 Å². The monoisotopic (exact) mass is 306 g/mol. The number of amides is 1. The van der Waals surface area contributed by atoms with Crippen LogP contribution in [-0.4, -0.2) is 55.9 Å². The molecule has 0 bridgehead atoms. The number of nitrogens with zero attached hydrogens (tertiary/aromatic N) is 1. The van der Waals surface area contributed by atoms with Crippen LogP contribution in [0.5, 0.6) is 0 Å². The summed E-state index contributed by atoms with van der Waals surface area (Å²) in [5, 5.41) is 12.3. The molecule has 0 aromatic carbocycles. The summed E-state index contributed by atoms with van der Waals surface area (Å²) in [6, 6.07) is 3.69. The third-order valence-corrected chi connectivity index (χ3v) is 3.61. The lowest BCUT2D eigenvalue weighted by Gasteiger charge is -2.19. The van der Waals surface area contributed by atoms with Crippen molar-refractivity contribution in [3.63, 3.8) is 0 Å². The molecular formula is C12H19ClN2O3S. The summed E-state index contributed by atoms with van der Waals surface area (Å²) in [5.74, 6) is -0.0864. The molecule has 1 heterocycles. The number of ether oxygens (including phenoxy) is 1. The topological polar surface area (TPSA) is 61.8 Å². The van der Waals surface area contributed by atoms with E-state index in [9.17, 15) is 9.90 Å². The van der Waals surface area contributed by atoms with Crippen molar-refractivity contribution >= 4 is 28.8 Å². The van der Waals surface area contributed by atoms with Gasteiger partial charge in [0.05, 0.1) is 30.1 Å². The molecule has 0 saturated carbocycles. The van der Waals surface area contributed by atoms with E-state index < -0.39 is 6.10 Å². The largest absolute Gasteiger partial charge is 0.389 e. The molecule has 1 unspecified atom stereocenters. The summed E-state index contributed by atoms with van der Waals surface area (Å²) in [4.78, 5) is 14.4. The van der Waals surface area contributed by atoms with E-state index in [1.807, 2.05) is 6.07 Å². The molecule has 7 heteroatoms. The molecule has 1 rings (SSSR count). The third kappa shape index (κ3) is 6.89. The van der Waals surface area contributed by atoms with Gasteiger partial charge in [0.15, 0.2) is 0 Å². The molecule has 108 valence electrons. The predicted octanol–water partition coefficient (Wildman–Crippen LogP) is 0.957. The molecule has 2 N–H and O–H groups in total. The first kappa shape index (κ1) is 16.4. The molecule has 0 aliphatic heterocycles. The van der Waals surface area contributed by atoms with E-state index in [-0.39, 0.29) is 19.1 Å². The summed E-state index contributed by atoms with van der Waals surface area (Å²) in [7, 11) is 3.31. The molecule has 1 atom stereocenters. The van der Waals surface area contributed by atoms with Crippen LogP contribution in [0.1, 0.15) is 4.88 Å². The fourth-order valence-electron chi connectivity index (χ4n) is 1.60. The highest BCUT2D eigenvalue weighted by Gasteiger charge is 2.11. The summed E-state index contributed by atoms with van der Waals surface area (Å²) in [5.41, 5.74) is 0. The van der Waals surface area contributed by atoms with Gasteiger partial charge in [-0.05, 0) is 19.2 Å². The standard InChI is InChI=1S/C12H19ClN2O3S/c1-15(6-9(16)8-18-2)7-12(17)14-5-10-3-4-11(13)19-10/h3-4,9,16H,5-8H2,1-2H3,(H,14,17). The molecule has 0 aliphatic rings. The fourth-order valence-corrected chi connectivity index (χ4v) is 2.63. The Morgan fingerprint density at radius 3 is 2.95 bits per heavy atom. The van der Waals surface area contributed by atoms with E-state index in [1.165, 1.54) is 18.4 Å². The molecule has 0 radical (unpaired) electrons. The van der Waals surface area contributed by atoms with Crippen molar-refractivity contribution in [3.8, 4) is 0 Å². The van der Waals surface area contributed by atoms with Gasteiger partial charge < -0.3 is 15.2 Å². The number of nitrogens with one attached hydrogen (secondary N) is 1. The van der Waals surface area contributed by atoms with E-state index in [2.05, 4.69) is 5.32 Å². The number of methoxy groups -OCH3 is 1. The quantitative estimate of drug-likeness (QED) is 0.751. The summed E-state index contributed by atoms with van der Waals surface area (Å²) >= 11 is 7.25. The Morgan fingerprint density at radius 2 is 2.37 bits per heavy atom. The van der Waals surface area contributed by atoms with Crippen LogP contribution >= 0.6 is 22.9 Å². The van der Waals surface area contributed by atoms with Crippen molar-refractivity contribution in [1.29, 1.82) is 0 Å². The molecule has 5 nitrogen and oxygen atoms in total. The second kappa shape index (κ2) is 8.50. The highest BCUT2D eigenvalue weighted by atomic mass is 35.5. The number of aliphatic hydroxyl groups excluding tert-OH is 1. The maximum Gasteiger partial charge on any atom is 0.234 e. The number of thiophene rings is 1. The van der Waals surface area contributed by atoms with Gasteiger partial charge in [0.1, 0.15) is 0 Å². The van der Waals surface area contributed by atoms with Gasteiger partial charge in [-0.1, -0.05) is 11.6 Å². The molecule has 1 aromatic rings. The molecule has 0 aliphatic carbocycles. The Hall–Kier alpha value is -0.660. The highest BCUT2D eigenvalue weighted by Crippen LogP contribution is 2.20. The lowest BCUT2D eigenvalue weighted by atomic mass is 10.3. The average molecular weight is 307 g/mol. The minimum Gasteiger partial charge on any atom is -0.389 e. The Bertz CT molecular complexity index is 400. The van der Waals surface area contributed by atoms with E-state index >= 15 is 0 Å². The molecule has 0 spiro atoms. The van der Waals surface area contributed by atoms with Gasteiger partial charge in [0.25, 0.3) is 0 Å². The van der Waals surface area contributed by atoms with E-state index in [0.717, 1.165) is 4.88 Å². The van der Waals surface area contributed by atoms with Crippen molar-refractivity contribution < 1.29 is 14.6 Å². The predicted molar refractivity (Wildman–Crippen MR) is 76.6 cm³/mol. The van der Waals surface area contributed by atoms with Crippen LogP contribution in [0, 0.1) is 0 Å². The van der Waals surface area contributed by atoms with Crippen LogP contribution in [0.3, 0.4) is 0 Å². The number of hydrogen-bond donors (Lipinski definition) is 2. The lowest BCUT2D eigenvalue weighted by Crippen LogP contribution is -2.39. The zero-order chi connectivity index (χ0) is 14.3. The van der Waals surface area contributed by atoms with Gasteiger partial charge in [-0.25, -0.2) is 0 Å². The van der Waals surface area contributed by atoms with Crippen molar-refractivity contribution in [3.05, 3.63) is 21.3 Å². The summed E-state index contributed by atoms with van der Waals surface area (Å²) in [6.07, 6.45) is -0.584. The van der Waals surface area contributed by atoms with Gasteiger partial charge in [-0.3, -0.25) is 9.69 Å². The molecular weight excluding hydrogens is 288 g/mol. The number of halogens is 1. The molecule has 0 fully saturated rings. The highest BCUT2D eigenvalue weighted by molar-refractivity contribution is 7.16. The van der Waals surface area contributed by atoms with Gasteiger partial charge >= 0.3 is 0 Å². The van der Waals surface area contributed by atoms with Crippen LogP contribution in [-0.2, 0) is 16.1 Å². The van der Waals surface area contributed by atoms with Crippen LogP contribution in [0.2, 0.25) is 4.34 Å². The van der Waals surface area contributed by atoms with E-state index in [1.54, 1.807) is 18.0 Å². The van der Waals surface area contributed by atoms with E-state index in [4.69, 9.17) is 16.3 Å². The van der Waals surface area contributed by atoms with Gasteiger partial charge in [0.2, 0.25) is 5.91 Å². The minimum absolute atomic E-state index is 0.0864. The normalized spacial score (nSPS) is 12.7. The van der Waals surface area contributed by atoms with Crippen LogP contribution in [0.4, 0.5) is 0 Å². The second-order valence-electron chi connectivity index (χ2n) is 4.29. The zero-order valence-corrected chi connectivity index (χ0v) is 12.6. The fraction of sp³-hybridized carbons (Fsp3) is 0.583. The second-order valence-corrected chi connectivity index (χ2v) is 6.09. The Kier molecular flexibility index (Phi) is 7.33. The molecule has 19 heavy (non-hydrogen) atoms. The lowest BCUT2D eigenvalue weighted by molar-refractivity contribution is -0.122. The van der Waals surface area contributed by atoms with Gasteiger partial charge in [-0.2, -0.15) is 0 Å². The van der Waals surface area contributed by atoms with Crippen molar-refractivity contribution in [1.82, 2.24) is 10.2 Å². The number of carbonyl (C=O) groups excluding carboxylic acids is 1. The average Bonchev–Trinajstić information content (AvgIpc) is 2.72.